The lowest BCUT2D eigenvalue weighted by molar-refractivity contribution is -0.125. The molecule has 0 aromatic carbocycles. The van der Waals surface area contributed by atoms with Crippen LogP contribution in [0.25, 0.3) is 0 Å². The summed E-state index contributed by atoms with van der Waals surface area (Å²) in [6.07, 6.45) is 0. The summed E-state index contributed by atoms with van der Waals surface area (Å²) >= 11 is 0. The zero-order valence-corrected chi connectivity index (χ0v) is 8.76. The first-order valence-corrected chi connectivity index (χ1v) is 4.52. The SMILES string of the molecule is Cc1ccc(CNC(=O)C(C)(C)N)o1. The van der Waals surface area contributed by atoms with Crippen molar-refractivity contribution in [2.75, 3.05) is 0 Å². The summed E-state index contributed by atoms with van der Waals surface area (Å²) < 4.78 is 5.29. The third kappa shape index (κ3) is 2.88. The second-order valence-electron chi connectivity index (χ2n) is 3.92. The van der Waals surface area contributed by atoms with E-state index in [0.717, 1.165) is 11.5 Å². The third-order valence-electron chi connectivity index (χ3n) is 1.80. The number of carbonyl (C=O) groups is 1. The topological polar surface area (TPSA) is 68.3 Å². The van der Waals surface area contributed by atoms with Crippen molar-refractivity contribution >= 4 is 5.91 Å². The molecule has 0 unspecified atom stereocenters. The Morgan fingerprint density at radius 2 is 2.21 bits per heavy atom. The van der Waals surface area contributed by atoms with Crippen molar-refractivity contribution in [2.24, 2.45) is 5.73 Å². The average molecular weight is 196 g/mol. The number of nitrogens with two attached hydrogens (primary N) is 1. The fourth-order valence-electron chi connectivity index (χ4n) is 0.975. The maximum absolute atomic E-state index is 11.4. The molecule has 0 saturated carbocycles. The van der Waals surface area contributed by atoms with Crippen molar-refractivity contribution in [3.05, 3.63) is 23.7 Å². The minimum absolute atomic E-state index is 0.188. The fraction of sp³-hybridized carbons (Fsp3) is 0.500. The first-order chi connectivity index (χ1) is 6.39. The van der Waals surface area contributed by atoms with Gasteiger partial charge >= 0.3 is 0 Å². The minimum atomic E-state index is -0.846. The molecule has 14 heavy (non-hydrogen) atoms. The Labute approximate surface area is 83.5 Å². The highest BCUT2D eigenvalue weighted by Gasteiger charge is 2.21. The van der Waals surface area contributed by atoms with Crippen LogP contribution in [0.5, 0.6) is 0 Å². The molecule has 1 amide bonds. The van der Waals surface area contributed by atoms with Crippen LogP contribution in [-0.2, 0) is 11.3 Å². The van der Waals surface area contributed by atoms with Crippen LogP contribution in [0.3, 0.4) is 0 Å². The van der Waals surface area contributed by atoms with Crippen LogP contribution >= 0.6 is 0 Å². The van der Waals surface area contributed by atoms with Crippen LogP contribution in [-0.4, -0.2) is 11.4 Å². The number of amides is 1. The van der Waals surface area contributed by atoms with E-state index < -0.39 is 5.54 Å². The zero-order chi connectivity index (χ0) is 10.8. The van der Waals surface area contributed by atoms with E-state index in [9.17, 15) is 4.79 Å². The number of furan rings is 1. The maximum atomic E-state index is 11.4. The van der Waals surface area contributed by atoms with Crippen molar-refractivity contribution in [1.29, 1.82) is 0 Å². The van der Waals surface area contributed by atoms with Crippen molar-refractivity contribution < 1.29 is 9.21 Å². The number of aryl methyl sites for hydroxylation is 1. The highest BCUT2D eigenvalue weighted by molar-refractivity contribution is 5.84. The van der Waals surface area contributed by atoms with Crippen LogP contribution in [0, 0.1) is 6.92 Å². The summed E-state index contributed by atoms with van der Waals surface area (Å²) in [7, 11) is 0. The lowest BCUT2D eigenvalue weighted by Crippen LogP contribution is -2.48. The van der Waals surface area contributed by atoms with Gasteiger partial charge in [-0.1, -0.05) is 0 Å². The van der Waals surface area contributed by atoms with Gasteiger partial charge in [-0.15, -0.1) is 0 Å². The number of carbonyl (C=O) groups excluding carboxylic acids is 1. The second-order valence-corrected chi connectivity index (χ2v) is 3.92. The summed E-state index contributed by atoms with van der Waals surface area (Å²) in [6, 6.07) is 3.69. The Morgan fingerprint density at radius 1 is 1.57 bits per heavy atom. The number of hydrogen-bond donors (Lipinski definition) is 2. The van der Waals surface area contributed by atoms with E-state index in [1.54, 1.807) is 13.8 Å². The Morgan fingerprint density at radius 3 is 2.64 bits per heavy atom. The Hall–Kier alpha value is -1.29. The van der Waals surface area contributed by atoms with Gasteiger partial charge in [0.25, 0.3) is 0 Å². The van der Waals surface area contributed by atoms with Crippen LogP contribution in [0.1, 0.15) is 25.4 Å². The summed E-state index contributed by atoms with van der Waals surface area (Å²) in [4.78, 5) is 11.4. The molecular formula is C10H16N2O2. The fourth-order valence-corrected chi connectivity index (χ4v) is 0.975. The molecule has 0 spiro atoms. The lowest BCUT2D eigenvalue weighted by atomic mass is 10.1. The van der Waals surface area contributed by atoms with Gasteiger partial charge in [0.1, 0.15) is 11.5 Å². The van der Waals surface area contributed by atoms with Gasteiger partial charge in [-0.05, 0) is 32.9 Å². The van der Waals surface area contributed by atoms with E-state index in [-0.39, 0.29) is 5.91 Å². The molecule has 1 rings (SSSR count). The molecule has 78 valence electrons. The molecule has 1 heterocycles. The molecule has 0 atom stereocenters. The van der Waals surface area contributed by atoms with Gasteiger partial charge in [-0.25, -0.2) is 0 Å². The lowest BCUT2D eigenvalue weighted by Gasteiger charge is -2.16. The number of nitrogens with one attached hydrogen (secondary N) is 1. The van der Waals surface area contributed by atoms with Crippen molar-refractivity contribution in [3.63, 3.8) is 0 Å². The van der Waals surface area contributed by atoms with Gasteiger partial charge in [-0.3, -0.25) is 4.79 Å². The highest BCUT2D eigenvalue weighted by Crippen LogP contribution is 2.06. The van der Waals surface area contributed by atoms with Gasteiger partial charge in [-0.2, -0.15) is 0 Å². The highest BCUT2D eigenvalue weighted by atomic mass is 16.3. The van der Waals surface area contributed by atoms with Gasteiger partial charge in [0.2, 0.25) is 5.91 Å². The largest absolute Gasteiger partial charge is 0.465 e. The minimum Gasteiger partial charge on any atom is -0.465 e. The van der Waals surface area contributed by atoms with E-state index in [2.05, 4.69) is 5.32 Å². The molecule has 0 saturated heterocycles. The average Bonchev–Trinajstić information content (AvgIpc) is 2.45. The van der Waals surface area contributed by atoms with E-state index in [4.69, 9.17) is 10.2 Å². The molecule has 1 aromatic rings. The predicted molar refractivity (Wildman–Crippen MR) is 53.6 cm³/mol. The van der Waals surface area contributed by atoms with Gasteiger partial charge in [0.05, 0.1) is 12.1 Å². The van der Waals surface area contributed by atoms with Crippen LogP contribution in [0.2, 0.25) is 0 Å². The molecule has 0 fully saturated rings. The third-order valence-corrected chi connectivity index (χ3v) is 1.80. The van der Waals surface area contributed by atoms with Crippen molar-refractivity contribution in [1.82, 2.24) is 5.32 Å². The van der Waals surface area contributed by atoms with E-state index >= 15 is 0 Å². The molecule has 0 radical (unpaired) electrons. The predicted octanol–water partition coefficient (Wildman–Crippen LogP) is 0.942. The van der Waals surface area contributed by atoms with Gasteiger partial charge < -0.3 is 15.5 Å². The van der Waals surface area contributed by atoms with Crippen LogP contribution < -0.4 is 11.1 Å². The monoisotopic (exact) mass is 196 g/mol. The second kappa shape index (κ2) is 3.84. The Balaban J connectivity index is 2.46. The molecular weight excluding hydrogens is 180 g/mol. The molecule has 0 bridgehead atoms. The standard InChI is InChI=1S/C10H16N2O2/c1-7-4-5-8(14-7)6-12-9(13)10(2,3)11/h4-5H,6,11H2,1-3H3,(H,12,13). The summed E-state index contributed by atoms with van der Waals surface area (Å²) in [5, 5.41) is 2.69. The van der Waals surface area contributed by atoms with Crippen molar-refractivity contribution in [2.45, 2.75) is 32.9 Å². The molecule has 4 nitrogen and oxygen atoms in total. The molecule has 1 aromatic heterocycles. The zero-order valence-electron chi connectivity index (χ0n) is 8.76. The Bertz CT molecular complexity index is 323. The molecule has 0 aliphatic rings. The van der Waals surface area contributed by atoms with Crippen LogP contribution in [0.15, 0.2) is 16.5 Å². The van der Waals surface area contributed by atoms with E-state index in [0.29, 0.717) is 6.54 Å². The summed E-state index contributed by atoms with van der Waals surface area (Å²) in [5.41, 5.74) is 4.76. The number of rotatable bonds is 3. The smallest absolute Gasteiger partial charge is 0.239 e. The maximum Gasteiger partial charge on any atom is 0.239 e. The first-order valence-electron chi connectivity index (χ1n) is 4.52. The van der Waals surface area contributed by atoms with E-state index in [1.807, 2.05) is 19.1 Å². The molecule has 0 aliphatic carbocycles. The summed E-state index contributed by atoms with van der Waals surface area (Å²) in [6.45, 7) is 5.57. The summed E-state index contributed by atoms with van der Waals surface area (Å²) in [5.74, 6) is 1.38. The molecule has 3 N–H and O–H groups in total. The molecule has 4 heteroatoms. The normalized spacial score (nSPS) is 11.4. The van der Waals surface area contributed by atoms with Crippen molar-refractivity contribution in [3.8, 4) is 0 Å². The van der Waals surface area contributed by atoms with E-state index in [1.165, 1.54) is 0 Å². The van der Waals surface area contributed by atoms with Crippen LogP contribution in [0.4, 0.5) is 0 Å². The Kier molecular flexibility index (Phi) is 2.96. The van der Waals surface area contributed by atoms with Gasteiger partial charge in [0.15, 0.2) is 0 Å². The first kappa shape index (κ1) is 10.8. The quantitative estimate of drug-likeness (QED) is 0.756. The molecule has 0 aliphatic heterocycles. The number of hydrogen-bond acceptors (Lipinski definition) is 3. The van der Waals surface area contributed by atoms with Gasteiger partial charge in [0, 0.05) is 0 Å².